The van der Waals surface area contributed by atoms with Crippen LogP contribution >= 0.6 is 0 Å². The third kappa shape index (κ3) is 4.56. The molecule has 2 nitrogen and oxygen atoms in total. The molecular weight excluding hydrogens is 308 g/mol. The standard InChI is InChI=1S/C23H32O2/c1-7-17(16-11-9-8-10-12-16)18-13-21(25)19(14-20(18)24)23(5,6)15-22(2,3)4/h8-14,17,24-25H,7,15H2,1-6H3. The summed E-state index contributed by atoms with van der Waals surface area (Å²) in [5.74, 6) is 0.619. The van der Waals surface area contributed by atoms with Crippen LogP contribution < -0.4 is 0 Å². The van der Waals surface area contributed by atoms with Gasteiger partial charge in [0.15, 0.2) is 0 Å². The number of benzene rings is 2. The van der Waals surface area contributed by atoms with Crippen LogP contribution in [0.4, 0.5) is 0 Å². The Morgan fingerprint density at radius 3 is 2.00 bits per heavy atom. The molecule has 0 radical (unpaired) electrons. The van der Waals surface area contributed by atoms with Crippen molar-refractivity contribution in [1.82, 2.24) is 0 Å². The van der Waals surface area contributed by atoms with E-state index in [0.717, 1.165) is 29.5 Å². The Morgan fingerprint density at radius 2 is 1.48 bits per heavy atom. The number of hydrogen-bond donors (Lipinski definition) is 2. The Morgan fingerprint density at radius 1 is 0.880 bits per heavy atom. The maximum absolute atomic E-state index is 10.7. The van der Waals surface area contributed by atoms with E-state index < -0.39 is 0 Å². The van der Waals surface area contributed by atoms with Crippen LogP contribution in [0.2, 0.25) is 0 Å². The molecule has 2 aromatic carbocycles. The Bertz CT molecular complexity index is 709. The fraction of sp³-hybridized carbons (Fsp3) is 0.478. The summed E-state index contributed by atoms with van der Waals surface area (Å²) < 4.78 is 0. The molecule has 2 rings (SSSR count). The summed E-state index contributed by atoms with van der Waals surface area (Å²) in [4.78, 5) is 0. The van der Waals surface area contributed by atoms with Gasteiger partial charge in [0, 0.05) is 17.0 Å². The van der Waals surface area contributed by atoms with Gasteiger partial charge in [-0.2, -0.15) is 0 Å². The number of hydrogen-bond acceptors (Lipinski definition) is 2. The van der Waals surface area contributed by atoms with E-state index >= 15 is 0 Å². The van der Waals surface area contributed by atoms with Gasteiger partial charge in [-0.15, -0.1) is 0 Å². The van der Waals surface area contributed by atoms with Gasteiger partial charge in [-0.05, 0) is 41.4 Å². The first-order valence-corrected chi connectivity index (χ1v) is 9.16. The molecule has 0 aliphatic heterocycles. The van der Waals surface area contributed by atoms with Gasteiger partial charge in [0.2, 0.25) is 0 Å². The van der Waals surface area contributed by atoms with Gasteiger partial charge in [-0.3, -0.25) is 0 Å². The smallest absolute Gasteiger partial charge is 0.119 e. The molecule has 0 aromatic heterocycles. The molecule has 25 heavy (non-hydrogen) atoms. The van der Waals surface area contributed by atoms with E-state index in [1.165, 1.54) is 0 Å². The molecule has 1 unspecified atom stereocenters. The molecule has 2 heteroatoms. The van der Waals surface area contributed by atoms with E-state index in [0.29, 0.717) is 0 Å². The van der Waals surface area contributed by atoms with Crippen molar-refractivity contribution in [2.75, 3.05) is 0 Å². The highest BCUT2D eigenvalue weighted by Gasteiger charge is 2.31. The van der Waals surface area contributed by atoms with Crippen LogP contribution in [0.1, 0.15) is 77.0 Å². The van der Waals surface area contributed by atoms with Gasteiger partial charge in [-0.25, -0.2) is 0 Å². The molecule has 0 amide bonds. The van der Waals surface area contributed by atoms with Crippen LogP contribution in [0, 0.1) is 5.41 Å². The molecule has 2 N–H and O–H groups in total. The molecule has 0 heterocycles. The summed E-state index contributed by atoms with van der Waals surface area (Å²) in [6.07, 6.45) is 1.78. The Kier molecular flexibility index (Phi) is 5.51. The van der Waals surface area contributed by atoms with Gasteiger partial charge in [0.25, 0.3) is 0 Å². The fourth-order valence-corrected chi connectivity index (χ4v) is 4.16. The molecule has 2 aromatic rings. The monoisotopic (exact) mass is 340 g/mol. The topological polar surface area (TPSA) is 40.5 Å². The van der Waals surface area contributed by atoms with E-state index in [4.69, 9.17) is 0 Å². The summed E-state index contributed by atoms with van der Waals surface area (Å²) in [5.41, 5.74) is 2.68. The van der Waals surface area contributed by atoms with Crippen molar-refractivity contribution in [3.05, 3.63) is 59.2 Å². The number of phenolic OH excluding ortho intramolecular Hbond substituents is 2. The number of aromatic hydroxyl groups is 2. The predicted molar refractivity (Wildman–Crippen MR) is 105 cm³/mol. The van der Waals surface area contributed by atoms with E-state index in [1.54, 1.807) is 12.1 Å². The maximum Gasteiger partial charge on any atom is 0.119 e. The zero-order valence-corrected chi connectivity index (χ0v) is 16.4. The van der Waals surface area contributed by atoms with E-state index in [1.807, 2.05) is 18.2 Å². The lowest BCUT2D eigenvalue weighted by molar-refractivity contribution is 0.277. The second kappa shape index (κ2) is 7.11. The molecule has 0 spiro atoms. The van der Waals surface area contributed by atoms with Crippen LogP contribution in [0.15, 0.2) is 42.5 Å². The highest BCUT2D eigenvalue weighted by atomic mass is 16.3. The molecule has 0 bridgehead atoms. The summed E-state index contributed by atoms with van der Waals surface area (Å²) in [6.45, 7) is 12.9. The van der Waals surface area contributed by atoms with Crippen molar-refractivity contribution in [2.24, 2.45) is 5.41 Å². The van der Waals surface area contributed by atoms with E-state index in [-0.39, 0.29) is 28.2 Å². The van der Waals surface area contributed by atoms with E-state index in [2.05, 4.69) is 53.7 Å². The lowest BCUT2D eigenvalue weighted by atomic mass is 9.71. The van der Waals surface area contributed by atoms with Crippen LogP contribution in [0.3, 0.4) is 0 Å². The Balaban J connectivity index is 2.46. The largest absolute Gasteiger partial charge is 0.508 e. The predicted octanol–water partition coefficient (Wildman–Crippen LogP) is 6.35. The fourth-order valence-electron chi connectivity index (χ4n) is 4.16. The molecule has 0 aliphatic carbocycles. The first-order chi connectivity index (χ1) is 11.5. The van der Waals surface area contributed by atoms with Crippen molar-refractivity contribution in [3.63, 3.8) is 0 Å². The minimum atomic E-state index is -0.215. The van der Waals surface area contributed by atoms with Gasteiger partial charge in [0.1, 0.15) is 11.5 Å². The normalized spacial score (nSPS) is 13.7. The zero-order chi connectivity index (χ0) is 18.8. The molecule has 0 saturated heterocycles. The first-order valence-electron chi connectivity index (χ1n) is 9.16. The molecule has 0 fully saturated rings. The van der Waals surface area contributed by atoms with Crippen molar-refractivity contribution < 1.29 is 10.2 Å². The van der Waals surface area contributed by atoms with Crippen LogP contribution in [-0.4, -0.2) is 10.2 Å². The molecule has 136 valence electrons. The average Bonchev–Trinajstić information content (AvgIpc) is 2.49. The van der Waals surface area contributed by atoms with Crippen LogP contribution in [-0.2, 0) is 5.41 Å². The highest BCUT2D eigenvalue weighted by Crippen LogP contribution is 2.44. The van der Waals surface area contributed by atoms with Crippen molar-refractivity contribution in [2.45, 2.75) is 65.7 Å². The average molecular weight is 341 g/mol. The number of phenols is 2. The summed E-state index contributed by atoms with van der Waals surface area (Å²) in [5, 5.41) is 21.5. The lowest BCUT2D eigenvalue weighted by Crippen LogP contribution is -2.25. The molecular formula is C23H32O2. The Hall–Kier alpha value is -1.96. The summed E-state index contributed by atoms with van der Waals surface area (Å²) >= 11 is 0. The van der Waals surface area contributed by atoms with Gasteiger partial charge in [0.05, 0.1) is 0 Å². The summed E-state index contributed by atoms with van der Waals surface area (Å²) in [6, 6.07) is 13.7. The van der Waals surface area contributed by atoms with Crippen molar-refractivity contribution in [1.29, 1.82) is 0 Å². The number of rotatable bonds is 5. The lowest BCUT2D eigenvalue weighted by Gasteiger charge is -2.34. The van der Waals surface area contributed by atoms with Gasteiger partial charge in [-0.1, -0.05) is 71.9 Å². The maximum atomic E-state index is 10.7. The minimum Gasteiger partial charge on any atom is -0.508 e. The van der Waals surface area contributed by atoms with Crippen LogP contribution in [0.25, 0.3) is 0 Å². The second-order valence-electron chi connectivity index (χ2n) is 8.92. The molecule has 0 saturated carbocycles. The third-order valence-corrected chi connectivity index (χ3v) is 4.83. The Labute approximate surface area is 152 Å². The van der Waals surface area contributed by atoms with Crippen molar-refractivity contribution >= 4 is 0 Å². The minimum absolute atomic E-state index is 0.0758. The third-order valence-electron chi connectivity index (χ3n) is 4.83. The molecule has 0 aliphatic rings. The SMILES string of the molecule is CCC(c1ccccc1)c1cc(O)c(C(C)(C)CC(C)(C)C)cc1O. The van der Waals surface area contributed by atoms with Gasteiger partial charge >= 0.3 is 0 Å². The second-order valence-corrected chi connectivity index (χ2v) is 8.92. The first kappa shape index (κ1) is 19.4. The zero-order valence-electron chi connectivity index (χ0n) is 16.4. The van der Waals surface area contributed by atoms with Gasteiger partial charge < -0.3 is 10.2 Å². The molecule has 1 atom stereocenters. The summed E-state index contributed by atoms with van der Waals surface area (Å²) in [7, 11) is 0. The highest BCUT2D eigenvalue weighted by molar-refractivity contribution is 5.51. The van der Waals surface area contributed by atoms with Crippen molar-refractivity contribution in [3.8, 4) is 11.5 Å². The van der Waals surface area contributed by atoms with Crippen LogP contribution in [0.5, 0.6) is 11.5 Å². The van der Waals surface area contributed by atoms with E-state index in [9.17, 15) is 10.2 Å². The quantitative estimate of drug-likeness (QED) is 0.622.